The van der Waals surface area contributed by atoms with E-state index in [1.54, 1.807) is 32.2 Å². The van der Waals surface area contributed by atoms with Crippen LogP contribution in [0.4, 0.5) is 4.79 Å². The predicted octanol–water partition coefficient (Wildman–Crippen LogP) is 3.12. The van der Waals surface area contributed by atoms with Gasteiger partial charge in [0.2, 0.25) is 0 Å². The van der Waals surface area contributed by atoms with E-state index in [9.17, 15) is 9.59 Å². The van der Waals surface area contributed by atoms with Gasteiger partial charge in [-0.2, -0.15) is 0 Å². The summed E-state index contributed by atoms with van der Waals surface area (Å²) in [4.78, 5) is 25.0. The predicted molar refractivity (Wildman–Crippen MR) is 108 cm³/mol. The molecule has 1 aliphatic heterocycles. The van der Waals surface area contributed by atoms with Gasteiger partial charge in [0.25, 0.3) is 0 Å². The van der Waals surface area contributed by atoms with Crippen molar-refractivity contribution < 1.29 is 23.8 Å². The summed E-state index contributed by atoms with van der Waals surface area (Å²) in [5.41, 5.74) is 2.45. The Bertz CT molecular complexity index is 924. The van der Waals surface area contributed by atoms with Crippen LogP contribution < -0.4 is 20.1 Å². The van der Waals surface area contributed by atoms with Crippen LogP contribution in [0.15, 0.2) is 59.8 Å². The molecule has 0 radical (unpaired) electrons. The highest BCUT2D eigenvalue weighted by Crippen LogP contribution is 2.35. The number of carbonyl (C=O) groups is 2. The van der Waals surface area contributed by atoms with E-state index in [1.165, 1.54) is 7.11 Å². The number of carbonyl (C=O) groups excluding carboxylic acids is 2. The zero-order chi connectivity index (χ0) is 20.8. The fraction of sp³-hybridized carbons (Fsp3) is 0.273. The first kappa shape index (κ1) is 20.3. The minimum atomic E-state index is -0.724. The van der Waals surface area contributed by atoms with E-state index >= 15 is 0 Å². The van der Waals surface area contributed by atoms with Crippen molar-refractivity contribution in [1.29, 1.82) is 0 Å². The average molecular weight is 396 g/mol. The van der Waals surface area contributed by atoms with Gasteiger partial charge in [-0.25, -0.2) is 9.59 Å². The third-order valence-corrected chi connectivity index (χ3v) is 4.70. The molecule has 0 fully saturated rings. The number of nitrogens with one attached hydrogen (secondary N) is 2. The molecule has 0 saturated carbocycles. The SMILES string of the molecule is COc1ccc(OC)c(C2NC(=O)NC(C)=C2C(=O)OCCc2ccccc2)c1. The Hall–Kier alpha value is -3.48. The molecule has 0 spiro atoms. The highest BCUT2D eigenvalue weighted by Gasteiger charge is 2.34. The summed E-state index contributed by atoms with van der Waals surface area (Å²) in [7, 11) is 3.08. The normalized spacial score (nSPS) is 16.0. The number of urea groups is 1. The third kappa shape index (κ3) is 4.68. The van der Waals surface area contributed by atoms with Crippen LogP contribution in [-0.4, -0.2) is 32.8 Å². The summed E-state index contributed by atoms with van der Waals surface area (Å²) in [6.45, 7) is 1.90. The zero-order valence-electron chi connectivity index (χ0n) is 16.7. The largest absolute Gasteiger partial charge is 0.497 e. The fourth-order valence-corrected chi connectivity index (χ4v) is 3.25. The Kier molecular flexibility index (Phi) is 6.39. The summed E-state index contributed by atoms with van der Waals surface area (Å²) in [5.74, 6) is 0.615. The zero-order valence-corrected chi connectivity index (χ0v) is 16.7. The van der Waals surface area contributed by atoms with E-state index in [0.29, 0.717) is 34.8 Å². The number of benzene rings is 2. The number of ether oxygens (including phenoxy) is 3. The molecule has 7 heteroatoms. The molecule has 29 heavy (non-hydrogen) atoms. The van der Waals surface area contributed by atoms with Crippen molar-refractivity contribution in [2.45, 2.75) is 19.4 Å². The van der Waals surface area contributed by atoms with E-state index in [2.05, 4.69) is 10.6 Å². The van der Waals surface area contributed by atoms with Crippen molar-refractivity contribution >= 4 is 12.0 Å². The average Bonchev–Trinajstić information content (AvgIpc) is 2.73. The molecule has 1 aliphatic rings. The summed E-state index contributed by atoms with van der Waals surface area (Å²) >= 11 is 0. The number of allylic oxidation sites excluding steroid dienone is 1. The lowest BCUT2D eigenvalue weighted by atomic mass is 9.94. The second kappa shape index (κ2) is 9.14. The van der Waals surface area contributed by atoms with E-state index in [1.807, 2.05) is 30.3 Å². The number of rotatable bonds is 7. The molecule has 7 nitrogen and oxygen atoms in total. The van der Waals surface area contributed by atoms with Gasteiger partial charge in [0.15, 0.2) is 0 Å². The molecule has 0 aromatic heterocycles. The minimum Gasteiger partial charge on any atom is -0.497 e. The maximum absolute atomic E-state index is 12.9. The highest BCUT2D eigenvalue weighted by atomic mass is 16.5. The maximum Gasteiger partial charge on any atom is 0.338 e. The second-order valence-corrected chi connectivity index (χ2v) is 6.55. The van der Waals surface area contributed by atoms with Gasteiger partial charge < -0.3 is 24.8 Å². The molecule has 152 valence electrons. The Labute approximate surface area is 169 Å². The van der Waals surface area contributed by atoms with Crippen molar-refractivity contribution in [3.63, 3.8) is 0 Å². The lowest BCUT2D eigenvalue weighted by molar-refractivity contribution is -0.139. The van der Waals surface area contributed by atoms with E-state index in [4.69, 9.17) is 14.2 Å². The molecular formula is C22H24N2O5. The van der Waals surface area contributed by atoms with Crippen molar-refractivity contribution in [3.05, 3.63) is 70.9 Å². The van der Waals surface area contributed by atoms with Crippen molar-refractivity contribution in [2.75, 3.05) is 20.8 Å². The number of esters is 1. The summed E-state index contributed by atoms with van der Waals surface area (Å²) in [5, 5.41) is 5.42. The lowest BCUT2D eigenvalue weighted by Gasteiger charge is -2.29. The first-order valence-electron chi connectivity index (χ1n) is 9.24. The Morgan fingerprint density at radius 1 is 1.07 bits per heavy atom. The Morgan fingerprint density at radius 2 is 1.83 bits per heavy atom. The number of methoxy groups -OCH3 is 2. The fourth-order valence-electron chi connectivity index (χ4n) is 3.25. The van der Waals surface area contributed by atoms with Crippen LogP contribution in [0.2, 0.25) is 0 Å². The third-order valence-electron chi connectivity index (χ3n) is 4.70. The van der Waals surface area contributed by atoms with Gasteiger partial charge in [0.05, 0.1) is 32.4 Å². The maximum atomic E-state index is 12.9. The van der Waals surface area contributed by atoms with E-state index < -0.39 is 18.0 Å². The van der Waals surface area contributed by atoms with Crippen molar-refractivity contribution in [1.82, 2.24) is 10.6 Å². The van der Waals surface area contributed by atoms with Crippen LogP contribution in [0.5, 0.6) is 11.5 Å². The molecule has 3 rings (SSSR count). The smallest absolute Gasteiger partial charge is 0.338 e. The number of amides is 2. The number of hydrogen-bond donors (Lipinski definition) is 2. The van der Waals surface area contributed by atoms with Crippen LogP contribution in [0, 0.1) is 0 Å². The summed E-state index contributed by atoms with van der Waals surface area (Å²) in [6.07, 6.45) is 0.603. The van der Waals surface area contributed by atoms with Gasteiger partial charge in [0.1, 0.15) is 11.5 Å². The molecule has 2 aromatic rings. The molecule has 1 unspecified atom stereocenters. The van der Waals surface area contributed by atoms with E-state index in [-0.39, 0.29) is 6.61 Å². The number of hydrogen-bond acceptors (Lipinski definition) is 5. The molecule has 2 N–H and O–H groups in total. The molecule has 0 bridgehead atoms. The van der Waals surface area contributed by atoms with Crippen LogP contribution in [0.1, 0.15) is 24.1 Å². The van der Waals surface area contributed by atoms with Crippen LogP contribution >= 0.6 is 0 Å². The topological polar surface area (TPSA) is 85.9 Å². The highest BCUT2D eigenvalue weighted by molar-refractivity contribution is 5.95. The molecule has 0 saturated heterocycles. The monoisotopic (exact) mass is 396 g/mol. The lowest BCUT2D eigenvalue weighted by Crippen LogP contribution is -2.45. The molecular weight excluding hydrogens is 372 g/mol. The Morgan fingerprint density at radius 3 is 2.52 bits per heavy atom. The molecule has 1 atom stereocenters. The second-order valence-electron chi connectivity index (χ2n) is 6.55. The first-order chi connectivity index (χ1) is 14.0. The van der Waals surface area contributed by atoms with E-state index in [0.717, 1.165) is 5.56 Å². The quantitative estimate of drug-likeness (QED) is 0.703. The van der Waals surface area contributed by atoms with Crippen LogP contribution in [0.3, 0.4) is 0 Å². The molecule has 1 heterocycles. The van der Waals surface area contributed by atoms with Gasteiger partial charge in [0, 0.05) is 17.7 Å². The first-order valence-corrected chi connectivity index (χ1v) is 9.24. The van der Waals surface area contributed by atoms with Gasteiger partial charge in [-0.05, 0) is 30.7 Å². The van der Waals surface area contributed by atoms with Crippen molar-refractivity contribution in [2.24, 2.45) is 0 Å². The van der Waals surface area contributed by atoms with Gasteiger partial charge in [-0.3, -0.25) is 0 Å². The molecule has 0 aliphatic carbocycles. The van der Waals surface area contributed by atoms with Crippen LogP contribution in [-0.2, 0) is 16.0 Å². The van der Waals surface area contributed by atoms with Crippen molar-refractivity contribution in [3.8, 4) is 11.5 Å². The van der Waals surface area contributed by atoms with Gasteiger partial charge in [-0.1, -0.05) is 30.3 Å². The minimum absolute atomic E-state index is 0.232. The molecule has 2 aromatic carbocycles. The van der Waals surface area contributed by atoms with Crippen LogP contribution in [0.25, 0.3) is 0 Å². The van der Waals surface area contributed by atoms with Gasteiger partial charge in [-0.15, -0.1) is 0 Å². The summed E-state index contributed by atoms with van der Waals surface area (Å²) in [6, 6.07) is 13.9. The molecule has 2 amide bonds. The summed E-state index contributed by atoms with van der Waals surface area (Å²) < 4.78 is 16.2. The standard InChI is InChI=1S/C22H24N2O5/c1-14-19(21(25)29-12-11-15-7-5-4-6-8-15)20(24-22(26)23-14)17-13-16(27-2)9-10-18(17)28-3/h4-10,13,20H,11-12H2,1-3H3,(H2,23,24,26). The Balaban J connectivity index is 1.85. The van der Waals surface area contributed by atoms with Gasteiger partial charge >= 0.3 is 12.0 Å².